The Bertz CT molecular complexity index is 646. The van der Waals surface area contributed by atoms with Gasteiger partial charge in [0.05, 0.1) is 11.7 Å². The SMILES string of the molecule is C=C(N)NCCC[C@H]1C(=O)N(C(=O)N2CCN(C(=O)NCC)CC2)C1C(=O)O. The van der Waals surface area contributed by atoms with Gasteiger partial charge in [0.15, 0.2) is 6.04 Å². The predicted octanol–water partition coefficient (Wildman–Crippen LogP) is -0.835. The number of urea groups is 2. The van der Waals surface area contributed by atoms with E-state index in [4.69, 9.17) is 5.73 Å². The molecule has 11 heteroatoms. The number of carbonyl (C=O) groups is 4. The number of hydrogen-bond acceptors (Lipinski definition) is 6. The summed E-state index contributed by atoms with van der Waals surface area (Å²) in [6, 6.07) is -1.98. The second-order valence-corrected chi connectivity index (χ2v) is 6.78. The number of amides is 5. The van der Waals surface area contributed by atoms with Crippen molar-refractivity contribution in [2.45, 2.75) is 25.8 Å². The molecule has 2 saturated heterocycles. The van der Waals surface area contributed by atoms with E-state index in [9.17, 15) is 24.3 Å². The van der Waals surface area contributed by atoms with Crippen molar-refractivity contribution in [1.29, 1.82) is 0 Å². The maximum atomic E-state index is 12.7. The summed E-state index contributed by atoms with van der Waals surface area (Å²) in [6.07, 6.45) is 0.870. The van der Waals surface area contributed by atoms with E-state index < -0.39 is 29.9 Å². The van der Waals surface area contributed by atoms with Crippen LogP contribution in [0, 0.1) is 5.92 Å². The number of carboxylic acids is 1. The third kappa shape index (κ3) is 4.65. The lowest BCUT2D eigenvalue weighted by Gasteiger charge is -2.46. The summed E-state index contributed by atoms with van der Waals surface area (Å²) in [5, 5.41) is 15.0. The Labute approximate surface area is 163 Å². The highest BCUT2D eigenvalue weighted by Crippen LogP contribution is 2.32. The number of carbonyl (C=O) groups excluding carboxylic acids is 3. The van der Waals surface area contributed by atoms with Gasteiger partial charge in [0, 0.05) is 39.3 Å². The molecule has 11 nitrogen and oxygen atoms in total. The zero-order valence-electron chi connectivity index (χ0n) is 16.0. The van der Waals surface area contributed by atoms with Crippen LogP contribution in [-0.2, 0) is 9.59 Å². The van der Waals surface area contributed by atoms with Gasteiger partial charge in [-0.1, -0.05) is 6.58 Å². The summed E-state index contributed by atoms with van der Waals surface area (Å²) >= 11 is 0. The van der Waals surface area contributed by atoms with Crippen molar-refractivity contribution >= 4 is 23.9 Å². The summed E-state index contributed by atoms with van der Waals surface area (Å²) in [5.41, 5.74) is 5.39. The van der Waals surface area contributed by atoms with Crippen LogP contribution in [0.1, 0.15) is 19.8 Å². The first-order chi connectivity index (χ1) is 13.3. The minimum atomic E-state index is -1.20. The van der Waals surface area contributed by atoms with E-state index in [1.165, 1.54) is 4.90 Å². The lowest BCUT2D eigenvalue weighted by molar-refractivity contribution is -0.167. The summed E-state index contributed by atoms with van der Waals surface area (Å²) in [7, 11) is 0. The number of nitrogens with zero attached hydrogens (tertiary/aromatic N) is 3. The van der Waals surface area contributed by atoms with Crippen LogP contribution in [-0.4, -0.2) is 89.1 Å². The van der Waals surface area contributed by atoms with Crippen molar-refractivity contribution < 1.29 is 24.3 Å². The minimum Gasteiger partial charge on any atom is -0.480 e. The number of piperazine rings is 1. The molecule has 0 aromatic rings. The Morgan fingerprint density at radius 2 is 1.79 bits per heavy atom. The highest BCUT2D eigenvalue weighted by molar-refractivity contribution is 6.07. The van der Waals surface area contributed by atoms with Gasteiger partial charge in [0.1, 0.15) is 0 Å². The molecule has 2 fully saturated rings. The maximum Gasteiger partial charge on any atom is 0.327 e. The Balaban J connectivity index is 1.90. The Morgan fingerprint density at radius 3 is 2.32 bits per heavy atom. The first-order valence-electron chi connectivity index (χ1n) is 9.33. The molecule has 0 spiro atoms. The Hall–Kier alpha value is -2.98. The normalized spacial score (nSPS) is 21.8. The average Bonchev–Trinajstić information content (AvgIpc) is 2.65. The van der Waals surface area contributed by atoms with Crippen LogP contribution < -0.4 is 16.4 Å². The Morgan fingerprint density at radius 1 is 1.18 bits per heavy atom. The van der Waals surface area contributed by atoms with Gasteiger partial charge in [-0.05, 0) is 19.8 Å². The van der Waals surface area contributed by atoms with Crippen molar-refractivity contribution in [2.75, 3.05) is 39.3 Å². The molecule has 0 aromatic carbocycles. The fourth-order valence-electron chi connectivity index (χ4n) is 3.41. The number of likely N-dealkylation sites (tertiary alicyclic amines) is 1. The molecule has 0 bridgehead atoms. The van der Waals surface area contributed by atoms with Gasteiger partial charge in [-0.3, -0.25) is 4.79 Å². The summed E-state index contributed by atoms with van der Waals surface area (Å²) in [5.74, 6) is -2.10. The van der Waals surface area contributed by atoms with Gasteiger partial charge in [-0.2, -0.15) is 0 Å². The van der Waals surface area contributed by atoms with E-state index in [1.54, 1.807) is 4.90 Å². The van der Waals surface area contributed by atoms with Gasteiger partial charge in [-0.25, -0.2) is 19.3 Å². The molecule has 2 heterocycles. The number of nitrogens with one attached hydrogen (secondary N) is 2. The summed E-state index contributed by atoms with van der Waals surface area (Å²) < 4.78 is 0. The molecule has 0 aromatic heterocycles. The molecule has 0 radical (unpaired) electrons. The molecular weight excluding hydrogens is 368 g/mol. The first-order valence-corrected chi connectivity index (χ1v) is 9.33. The number of hydrogen-bond donors (Lipinski definition) is 4. The number of carboxylic acid groups (broad SMARTS) is 1. The lowest BCUT2D eigenvalue weighted by Crippen LogP contribution is -2.69. The topological polar surface area (TPSA) is 148 Å². The first kappa shape index (κ1) is 21.3. The van der Waals surface area contributed by atoms with Gasteiger partial charge < -0.3 is 31.3 Å². The molecule has 28 heavy (non-hydrogen) atoms. The fraction of sp³-hybridized carbons (Fsp3) is 0.647. The molecule has 0 aliphatic carbocycles. The van der Waals surface area contributed by atoms with Crippen molar-refractivity contribution in [3.63, 3.8) is 0 Å². The standard InChI is InChI=1S/C17H28N6O5/c1-3-19-16(27)21-7-9-22(10-8-21)17(28)23-13(15(25)26)12(14(23)24)5-4-6-20-11(2)18/h12-13,20H,2-10,18H2,1H3,(H,19,27)(H,25,26)/t12-,13?/m1/s1. The van der Waals surface area contributed by atoms with Crippen molar-refractivity contribution in [1.82, 2.24) is 25.3 Å². The zero-order valence-corrected chi connectivity index (χ0v) is 16.0. The van der Waals surface area contributed by atoms with Crippen LogP contribution >= 0.6 is 0 Å². The van der Waals surface area contributed by atoms with E-state index >= 15 is 0 Å². The third-order valence-electron chi connectivity index (χ3n) is 4.88. The molecular formula is C17H28N6O5. The van der Waals surface area contributed by atoms with Crippen molar-refractivity contribution in [3.8, 4) is 0 Å². The zero-order chi connectivity index (χ0) is 20.8. The van der Waals surface area contributed by atoms with Crippen LogP contribution in [0.3, 0.4) is 0 Å². The van der Waals surface area contributed by atoms with Crippen LogP contribution in [0.2, 0.25) is 0 Å². The van der Waals surface area contributed by atoms with E-state index in [0.29, 0.717) is 44.8 Å². The number of aliphatic carboxylic acids is 1. The number of imide groups is 1. The highest BCUT2D eigenvalue weighted by atomic mass is 16.4. The molecule has 0 saturated carbocycles. The fourth-order valence-corrected chi connectivity index (χ4v) is 3.41. The molecule has 2 aliphatic heterocycles. The summed E-state index contributed by atoms with van der Waals surface area (Å²) in [6.45, 7) is 7.45. The van der Waals surface area contributed by atoms with Crippen LogP contribution in [0.25, 0.3) is 0 Å². The van der Waals surface area contributed by atoms with Gasteiger partial charge in [0.25, 0.3) is 0 Å². The van der Waals surface area contributed by atoms with Gasteiger partial charge >= 0.3 is 18.0 Å². The minimum absolute atomic E-state index is 0.202. The molecule has 5 N–H and O–H groups in total. The number of nitrogens with two attached hydrogens (primary N) is 1. The van der Waals surface area contributed by atoms with E-state index in [0.717, 1.165) is 4.90 Å². The molecule has 1 unspecified atom stereocenters. The van der Waals surface area contributed by atoms with Crippen LogP contribution in [0.15, 0.2) is 12.4 Å². The van der Waals surface area contributed by atoms with Crippen molar-refractivity contribution in [3.05, 3.63) is 12.4 Å². The predicted molar refractivity (Wildman–Crippen MR) is 99.9 cm³/mol. The molecule has 2 atom stereocenters. The van der Waals surface area contributed by atoms with E-state index in [1.807, 2.05) is 6.92 Å². The second-order valence-electron chi connectivity index (χ2n) is 6.78. The van der Waals surface area contributed by atoms with Gasteiger partial charge in [0.2, 0.25) is 5.91 Å². The van der Waals surface area contributed by atoms with Crippen molar-refractivity contribution in [2.24, 2.45) is 11.7 Å². The average molecular weight is 396 g/mol. The Kier molecular flexibility index (Phi) is 7.07. The van der Waals surface area contributed by atoms with E-state index in [2.05, 4.69) is 17.2 Å². The number of rotatable bonds is 7. The molecule has 2 aliphatic rings. The smallest absolute Gasteiger partial charge is 0.327 e. The molecule has 2 rings (SSSR count). The van der Waals surface area contributed by atoms with Gasteiger partial charge in [-0.15, -0.1) is 0 Å². The number of β-lactam (4-membered cyclic amide) rings is 1. The quantitative estimate of drug-likeness (QED) is 0.324. The lowest BCUT2D eigenvalue weighted by atomic mass is 9.83. The van der Waals surface area contributed by atoms with Crippen LogP contribution in [0.5, 0.6) is 0 Å². The monoisotopic (exact) mass is 396 g/mol. The van der Waals surface area contributed by atoms with E-state index in [-0.39, 0.29) is 19.1 Å². The largest absolute Gasteiger partial charge is 0.480 e. The summed E-state index contributed by atoms with van der Waals surface area (Å²) in [4.78, 5) is 52.4. The maximum absolute atomic E-state index is 12.7. The second kappa shape index (κ2) is 9.29. The molecule has 156 valence electrons. The third-order valence-corrected chi connectivity index (χ3v) is 4.88. The molecule has 5 amide bonds. The van der Waals surface area contributed by atoms with Crippen LogP contribution in [0.4, 0.5) is 9.59 Å². The highest BCUT2D eigenvalue weighted by Gasteiger charge is 2.55.